The molecule has 1 saturated heterocycles. The Hall–Kier alpha value is -5.43. The number of carbonyl (C=O) groups is 4. The molecule has 56 heavy (non-hydrogen) atoms. The van der Waals surface area contributed by atoms with Crippen molar-refractivity contribution in [3.05, 3.63) is 83.9 Å². The number of hydrogen-bond donors (Lipinski definition) is 4. The van der Waals surface area contributed by atoms with Gasteiger partial charge < -0.3 is 25.6 Å². The van der Waals surface area contributed by atoms with Crippen LogP contribution in [0.1, 0.15) is 81.6 Å². The Balaban J connectivity index is 1.11. The Morgan fingerprint density at radius 1 is 0.875 bits per heavy atom. The molecule has 1 atom stereocenters. The van der Waals surface area contributed by atoms with Crippen molar-refractivity contribution in [3.63, 3.8) is 0 Å². The van der Waals surface area contributed by atoms with Gasteiger partial charge in [0.1, 0.15) is 11.4 Å². The fraction of sp³-hybridized carbons (Fsp3) is 0.465. The Morgan fingerprint density at radius 2 is 1.59 bits per heavy atom. The molecule has 2 heterocycles. The third kappa shape index (κ3) is 11.8. The van der Waals surface area contributed by atoms with Crippen molar-refractivity contribution in [2.45, 2.75) is 77.7 Å². The van der Waals surface area contributed by atoms with Crippen molar-refractivity contribution in [1.82, 2.24) is 36.2 Å². The SMILES string of the molecule is CC(C)(C)OC(=O)NCC1CCC(C(=O)C[C@@H](Cc2cccc(-c3cccc(C(=O)NCCN4CCCC4)c3)c2)C(=O)Nc2ccc(-c3nn[nH]n3)cc2)CC1. The first kappa shape index (κ1) is 40.2. The van der Waals surface area contributed by atoms with Gasteiger partial charge in [-0.25, -0.2) is 4.79 Å². The van der Waals surface area contributed by atoms with Crippen molar-refractivity contribution in [2.75, 3.05) is 38.0 Å². The van der Waals surface area contributed by atoms with Gasteiger partial charge in [0.05, 0.1) is 0 Å². The van der Waals surface area contributed by atoms with Crippen LogP contribution in [0.5, 0.6) is 0 Å². The van der Waals surface area contributed by atoms with E-state index in [4.69, 9.17) is 4.74 Å². The largest absolute Gasteiger partial charge is 0.444 e. The number of nitrogens with one attached hydrogen (secondary N) is 4. The van der Waals surface area contributed by atoms with Gasteiger partial charge in [0.2, 0.25) is 11.7 Å². The first-order valence-electron chi connectivity index (χ1n) is 19.8. The average molecular weight is 763 g/mol. The summed E-state index contributed by atoms with van der Waals surface area (Å²) in [6, 6.07) is 22.7. The lowest BCUT2D eigenvalue weighted by Gasteiger charge is -2.29. The van der Waals surface area contributed by atoms with E-state index in [1.165, 1.54) is 12.8 Å². The average Bonchev–Trinajstić information content (AvgIpc) is 3.93. The summed E-state index contributed by atoms with van der Waals surface area (Å²) in [5, 5.41) is 23.1. The van der Waals surface area contributed by atoms with Crippen molar-refractivity contribution >= 4 is 29.4 Å². The second-order valence-electron chi connectivity index (χ2n) is 16.1. The van der Waals surface area contributed by atoms with Crippen LogP contribution >= 0.6 is 0 Å². The number of rotatable bonds is 15. The van der Waals surface area contributed by atoms with Crippen molar-refractivity contribution in [3.8, 4) is 22.5 Å². The van der Waals surface area contributed by atoms with E-state index >= 15 is 0 Å². The van der Waals surface area contributed by atoms with E-state index < -0.39 is 17.6 Å². The summed E-state index contributed by atoms with van der Waals surface area (Å²) in [4.78, 5) is 55.4. The molecule has 0 unspecified atom stereocenters. The van der Waals surface area contributed by atoms with Crippen LogP contribution in [-0.2, 0) is 20.7 Å². The van der Waals surface area contributed by atoms with Gasteiger partial charge in [-0.1, -0.05) is 36.4 Å². The van der Waals surface area contributed by atoms with Gasteiger partial charge in [-0.15, -0.1) is 10.2 Å². The highest BCUT2D eigenvalue weighted by Gasteiger charge is 2.31. The lowest BCUT2D eigenvalue weighted by molar-refractivity contribution is -0.129. The molecule has 2 fully saturated rings. The second kappa shape index (κ2) is 18.9. The van der Waals surface area contributed by atoms with Crippen LogP contribution in [0.4, 0.5) is 10.5 Å². The van der Waals surface area contributed by atoms with Crippen LogP contribution in [0.25, 0.3) is 22.5 Å². The number of hydrogen-bond acceptors (Lipinski definition) is 9. The van der Waals surface area contributed by atoms with Gasteiger partial charge in [0, 0.05) is 54.7 Å². The zero-order chi connectivity index (χ0) is 39.5. The molecular weight excluding hydrogens is 709 g/mol. The summed E-state index contributed by atoms with van der Waals surface area (Å²) in [6.07, 6.45) is 5.51. The second-order valence-corrected chi connectivity index (χ2v) is 16.1. The lowest BCUT2D eigenvalue weighted by atomic mass is 9.77. The Kier molecular flexibility index (Phi) is 13.6. The Morgan fingerprint density at radius 3 is 2.29 bits per heavy atom. The third-order valence-corrected chi connectivity index (χ3v) is 10.6. The van der Waals surface area contributed by atoms with Crippen LogP contribution in [0.15, 0.2) is 72.8 Å². The number of likely N-dealkylation sites (tertiary alicyclic amines) is 1. The first-order valence-corrected chi connectivity index (χ1v) is 19.8. The van der Waals surface area contributed by atoms with E-state index in [2.05, 4.69) is 41.5 Å². The highest BCUT2D eigenvalue weighted by atomic mass is 16.6. The maximum Gasteiger partial charge on any atom is 0.407 e. The molecule has 13 heteroatoms. The minimum absolute atomic E-state index is 0.0794. The summed E-state index contributed by atoms with van der Waals surface area (Å²) >= 11 is 0. The predicted octanol–water partition coefficient (Wildman–Crippen LogP) is 6.45. The van der Waals surface area contributed by atoms with Crippen LogP contribution in [0.2, 0.25) is 0 Å². The summed E-state index contributed by atoms with van der Waals surface area (Å²) in [5.41, 5.74) is 4.12. The number of benzene rings is 3. The van der Waals surface area contributed by atoms with E-state index in [1.807, 2.05) is 81.4 Å². The van der Waals surface area contributed by atoms with Gasteiger partial charge in [-0.05, 0) is 143 Å². The quantitative estimate of drug-likeness (QED) is 0.106. The van der Waals surface area contributed by atoms with Gasteiger partial charge in [-0.2, -0.15) is 5.21 Å². The van der Waals surface area contributed by atoms with E-state index in [-0.39, 0.29) is 35.9 Å². The minimum atomic E-state index is -0.617. The molecule has 13 nitrogen and oxygen atoms in total. The molecule has 6 rings (SSSR count). The number of H-pyrrole nitrogens is 1. The highest BCUT2D eigenvalue weighted by Crippen LogP contribution is 2.32. The van der Waals surface area contributed by atoms with Crippen molar-refractivity contribution in [1.29, 1.82) is 0 Å². The highest BCUT2D eigenvalue weighted by molar-refractivity contribution is 5.97. The van der Waals surface area contributed by atoms with E-state index in [0.717, 1.165) is 54.7 Å². The summed E-state index contributed by atoms with van der Waals surface area (Å²) in [5.74, 6) is -0.304. The molecule has 3 aromatic carbocycles. The molecule has 2 aliphatic rings. The summed E-state index contributed by atoms with van der Waals surface area (Å²) < 4.78 is 5.37. The number of amides is 3. The van der Waals surface area contributed by atoms with Crippen molar-refractivity contribution in [2.24, 2.45) is 17.8 Å². The molecule has 1 saturated carbocycles. The number of anilines is 1. The number of ketones is 1. The molecule has 1 aromatic heterocycles. The van der Waals surface area contributed by atoms with E-state index in [9.17, 15) is 19.2 Å². The molecule has 0 bridgehead atoms. The molecule has 1 aliphatic heterocycles. The number of carbonyl (C=O) groups excluding carboxylic acids is 4. The standard InChI is InChI=1S/C43H54N8O5/c1-43(2,3)56-42(55)45-28-29-12-14-31(15-13-29)38(52)27-36(41(54)46-37-18-16-32(17-19-37)39-47-49-50-48-39)25-30-8-6-9-33(24-30)34-10-7-11-35(26-34)40(53)44-20-23-51-21-4-5-22-51/h6-11,16-19,24,26,29,31,36H,4-5,12-15,20-23,25,27-28H2,1-3H3,(H,44,53)(H,45,55)(H,46,54)(H,47,48,49,50)/t29?,31?,36-/m1/s1. The number of tetrazole rings is 1. The predicted molar refractivity (Wildman–Crippen MR) is 215 cm³/mol. The zero-order valence-electron chi connectivity index (χ0n) is 32.7. The third-order valence-electron chi connectivity index (χ3n) is 10.6. The molecule has 0 spiro atoms. The van der Waals surface area contributed by atoms with Gasteiger partial charge >= 0.3 is 6.09 Å². The van der Waals surface area contributed by atoms with E-state index in [0.29, 0.717) is 49.4 Å². The first-order chi connectivity index (χ1) is 27.0. The molecule has 4 aromatic rings. The monoisotopic (exact) mass is 762 g/mol. The van der Waals surface area contributed by atoms with Gasteiger partial charge in [0.25, 0.3) is 5.91 Å². The van der Waals surface area contributed by atoms with Crippen LogP contribution in [-0.4, -0.2) is 87.5 Å². The number of Topliss-reactive ketones (excluding diaryl/α,β-unsaturated/α-hetero) is 1. The number of aromatic nitrogens is 4. The Labute approximate surface area is 328 Å². The lowest BCUT2D eigenvalue weighted by Crippen LogP contribution is -2.37. The van der Waals surface area contributed by atoms with E-state index in [1.54, 1.807) is 12.1 Å². The summed E-state index contributed by atoms with van der Waals surface area (Å²) in [7, 11) is 0. The molecule has 0 radical (unpaired) electrons. The van der Waals surface area contributed by atoms with Crippen molar-refractivity contribution < 1.29 is 23.9 Å². The fourth-order valence-corrected chi connectivity index (χ4v) is 7.57. The zero-order valence-corrected chi connectivity index (χ0v) is 32.7. The molecule has 3 amide bonds. The number of aromatic amines is 1. The van der Waals surface area contributed by atoms with Gasteiger partial charge in [-0.3, -0.25) is 14.4 Å². The molecule has 1 aliphatic carbocycles. The smallest absolute Gasteiger partial charge is 0.407 e. The summed E-state index contributed by atoms with van der Waals surface area (Å²) in [6.45, 7) is 9.65. The normalized spacial score (nSPS) is 17.8. The molecule has 4 N–H and O–H groups in total. The van der Waals surface area contributed by atoms with Crippen LogP contribution < -0.4 is 16.0 Å². The van der Waals surface area contributed by atoms with Crippen LogP contribution in [0, 0.1) is 17.8 Å². The van der Waals surface area contributed by atoms with Crippen LogP contribution in [0.3, 0.4) is 0 Å². The number of alkyl carbamates (subject to hydrolysis) is 1. The molecule has 296 valence electrons. The molecular formula is C43H54N8O5. The fourth-order valence-electron chi connectivity index (χ4n) is 7.57. The topological polar surface area (TPSA) is 171 Å². The van der Waals surface area contributed by atoms with Gasteiger partial charge in [0.15, 0.2) is 0 Å². The number of ether oxygens (including phenoxy) is 1. The number of nitrogens with zero attached hydrogens (tertiary/aromatic N) is 4. The maximum absolute atomic E-state index is 14.0. The minimum Gasteiger partial charge on any atom is -0.444 e. The Bertz CT molecular complexity index is 1930. The maximum atomic E-state index is 14.0.